The molecule has 4 amide bonds. The molecule has 10 heteroatoms. The second-order valence-corrected chi connectivity index (χ2v) is 9.62. The average molecular weight is 476 g/mol. The standard InChI is InChI=1S/C24H37N5O5/c1-15(2)20(23(32)34-4)27-21(30)19-13-17(26-24(33)25-16-9-6-5-7-10-16)14-29(19)22(31)18-11-8-12-28(18)3/h8,11-12,15-17,19-20H,5-7,9-10,13-14H2,1-4H3,(H,27,30)(H2,25,26,33)/t17-,19+,20+/m0/s1. The lowest BCUT2D eigenvalue weighted by atomic mass is 9.96. The van der Waals surface area contributed by atoms with Gasteiger partial charge in [-0.15, -0.1) is 0 Å². The Labute approximate surface area is 200 Å². The van der Waals surface area contributed by atoms with Crippen LogP contribution in [-0.4, -0.2) is 71.1 Å². The van der Waals surface area contributed by atoms with Crippen LogP contribution in [0.4, 0.5) is 4.79 Å². The number of carbonyl (C=O) groups is 4. The lowest BCUT2D eigenvalue weighted by molar-refractivity contribution is -0.146. The maximum atomic E-state index is 13.3. The van der Waals surface area contributed by atoms with Crippen molar-refractivity contribution in [1.82, 2.24) is 25.4 Å². The number of urea groups is 1. The molecule has 1 saturated heterocycles. The number of hydrogen-bond donors (Lipinski definition) is 3. The number of ether oxygens (including phenoxy) is 1. The van der Waals surface area contributed by atoms with E-state index in [0.717, 1.165) is 25.7 Å². The highest BCUT2D eigenvalue weighted by atomic mass is 16.5. The van der Waals surface area contributed by atoms with E-state index in [1.807, 2.05) is 13.8 Å². The van der Waals surface area contributed by atoms with Crippen LogP contribution in [0.25, 0.3) is 0 Å². The van der Waals surface area contributed by atoms with Gasteiger partial charge in [-0.05, 0) is 37.3 Å². The maximum absolute atomic E-state index is 13.3. The molecule has 3 atom stereocenters. The van der Waals surface area contributed by atoms with Crippen LogP contribution in [0.2, 0.25) is 0 Å². The van der Waals surface area contributed by atoms with Crippen LogP contribution in [0.5, 0.6) is 0 Å². The fraction of sp³-hybridized carbons (Fsp3) is 0.667. The van der Waals surface area contributed by atoms with Gasteiger partial charge in [0.2, 0.25) is 5.91 Å². The van der Waals surface area contributed by atoms with Crippen LogP contribution in [0.15, 0.2) is 18.3 Å². The molecule has 1 aliphatic carbocycles. The molecule has 0 radical (unpaired) electrons. The van der Waals surface area contributed by atoms with Crippen molar-refractivity contribution in [3.05, 3.63) is 24.0 Å². The van der Waals surface area contributed by atoms with Crippen molar-refractivity contribution in [2.75, 3.05) is 13.7 Å². The molecule has 1 aliphatic heterocycles. The Kier molecular flexibility index (Phi) is 8.57. The first-order valence-corrected chi connectivity index (χ1v) is 12.1. The van der Waals surface area contributed by atoms with Crippen molar-refractivity contribution >= 4 is 23.8 Å². The van der Waals surface area contributed by atoms with Crippen molar-refractivity contribution in [2.45, 2.75) is 76.5 Å². The molecule has 0 spiro atoms. The summed E-state index contributed by atoms with van der Waals surface area (Å²) in [6.07, 6.45) is 7.35. The van der Waals surface area contributed by atoms with Gasteiger partial charge in [-0.2, -0.15) is 0 Å². The number of aryl methyl sites for hydroxylation is 1. The molecule has 2 heterocycles. The first kappa shape index (κ1) is 25.6. The highest BCUT2D eigenvalue weighted by Crippen LogP contribution is 2.23. The molecule has 3 N–H and O–H groups in total. The molecule has 3 rings (SSSR count). The topological polar surface area (TPSA) is 122 Å². The summed E-state index contributed by atoms with van der Waals surface area (Å²) in [5.74, 6) is -1.47. The summed E-state index contributed by atoms with van der Waals surface area (Å²) in [6.45, 7) is 3.82. The summed E-state index contributed by atoms with van der Waals surface area (Å²) in [4.78, 5) is 52.8. The van der Waals surface area contributed by atoms with Gasteiger partial charge in [0.05, 0.1) is 13.2 Å². The van der Waals surface area contributed by atoms with Crippen molar-refractivity contribution < 1.29 is 23.9 Å². The van der Waals surface area contributed by atoms with E-state index in [1.54, 1.807) is 29.9 Å². The van der Waals surface area contributed by atoms with E-state index in [4.69, 9.17) is 4.74 Å². The Balaban J connectivity index is 1.73. The third kappa shape index (κ3) is 6.09. The Hall–Kier alpha value is -3.04. The molecule has 0 bridgehead atoms. The third-order valence-corrected chi connectivity index (χ3v) is 6.72. The van der Waals surface area contributed by atoms with Gasteiger partial charge < -0.3 is 30.2 Å². The zero-order chi connectivity index (χ0) is 24.8. The molecule has 1 aromatic heterocycles. The first-order chi connectivity index (χ1) is 16.2. The van der Waals surface area contributed by atoms with Gasteiger partial charge in [0.1, 0.15) is 17.8 Å². The van der Waals surface area contributed by atoms with Gasteiger partial charge in [-0.3, -0.25) is 9.59 Å². The van der Waals surface area contributed by atoms with Gasteiger partial charge in [0, 0.05) is 25.8 Å². The van der Waals surface area contributed by atoms with E-state index in [-0.39, 0.29) is 42.9 Å². The van der Waals surface area contributed by atoms with Crippen LogP contribution in [0, 0.1) is 5.92 Å². The van der Waals surface area contributed by atoms with E-state index in [2.05, 4.69) is 16.0 Å². The Bertz CT molecular complexity index is 892. The number of aromatic nitrogens is 1. The van der Waals surface area contributed by atoms with Crippen LogP contribution in [0.1, 0.15) is 62.9 Å². The maximum Gasteiger partial charge on any atom is 0.328 e. The van der Waals surface area contributed by atoms with E-state index in [1.165, 1.54) is 18.4 Å². The largest absolute Gasteiger partial charge is 0.467 e. The molecule has 1 aromatic rings. The smallest absolute Gasteiger partial charge is 0.328 e. The zero-order valence-corrected chi connectivity index (χ0v) is 20.5. The molecule has 2 aliphatic rings. The zero-order valence-electron chi connectivity index (χ0n) is 20.5. The van der Waals surface area contributed by atoms with E-state index in [0.29, 0.717) is 5.69 Å². The minimum Gasteiger partial charge on any atom is -0.467 e. The Morgan fingerprint density at radius 2 is 1.74 bits per heavy atom. The quantitative estimate of drug-likeness (QED) is 0.517. The van der Waals surface area contributed by atoms with Crippen LogP contribution < -0.4 is 16.0 Å². The fourth-order valence-electron chi connectivity index (χ4n) is 4.78. The lowest BCUT2D eigenvalue weighted by Crippen LogP contribution is -2.52. The molecular weight excluding hydrogens is 438 g/mol. The van der Waals surface area contributed by atoms with E-state index < -0.39 is 24.0 Å². The molecule has 0 aromatic carbocycles. The number of hydrogen-bond acceptors (Lipinski definition) is 5. The second-order valence-electron chi connectivity index (χ2n) is 9.62. The highest BCUT2D eigenvalue weighted by Gasteiger charge is 2.42. The Morgan fingerprint density at radius 1 is 1.06 bits per heavy atom. The van der Waals surface area contributed by atoms with E-state index >= 15 is 0 Å². The van der Waals surface area contributed by atoms with Crippen molar-refractivity contribution in [3.8, 4) is 0 Å². The molecule has 0 unspecified atom stereocenters. The minimum absolute atomic E-state index is 0.155. The number of methoxy groups -OCH3 is 1. The van der Waals surface area contributed by atoms with Crippen LogP contribution in [-0.2, 0) is 21.4 Å². The normalized spacial score (nSPS) is 21.7. The van der Waals surface area contributed by atoms with Crippen molar-refractivity contribution in [1.29, 1.82) is 0 Å². The summed E-state index contributed by atoms with van der Waals surface area (Å²) < 4.78 is 6.52. The molecular formula is C24H37N5O5. The fourth-order valence-corrected chi connectivity index (χ4v) is 4.78. The summed E-state index contributed by atoms with van der Waals surface area (Å²) >= 11 is 0. The molecule has 2 fully saturated rings. The van der Waals surface area contributed by atoms with E-state index in [9.17, 15) is 19.2 Å². The third-order valence-electron chi connectivity index (χ3n) is 6.72. The molecule has 34 heavy (non-hydrogen) atoms. The van der Waals surface area contributed by atoms with Gasteiger partial charge in [0.25, 0.3) is 5.91 Å². The number of rotatable bonds is 7. The predicted octanol–water partition coefficient (Wildman–Crippen LogP) is 1.55. The summed E-state index contributed by atoms with van der Waals surface area (Å²) in [7, 11) is 3.04. The van der Waals surface area contributed by atoms with Gasteiger partial charge in [-0.25, -0.2) is 9.59 Å². The number of nitrogens with one attached hydrogen (secondary N) is 3. The van der Waals surface area contributed by atoms with Crippen LogP contribution in [0.3, 0.4) is 0 Å². The number of carbonyl (C=O) groups excluding carboxylic acids is 4. The molecule has 1 saturated carbocycles. The minimum atomic E-state index is -0.828. The average Bonchev–Trinajstić information content (AvgIpc) is 3.43. The number of likely N-dealkylation sites (tertiary alicyclic amines) is 1. The predicted molar refractivity (Wildman–Crippen MR) is 126 cm³/mol. The monoisotopic (exact) mass is 475 g/mol. The van der Waals surface area contributed by atoms with Crippen molar-refractivity contribution in [2.24, 2.45) is 13.0 Å². The van der Waals surface area contributed by atoms with Gasteiger partial charge in [-0.1, -0.05) is 33.1 Å². The van der Waals surface area contributed by atoms with Crippen LogP contribution >= 0.6 is 0 Å². The van der Waals surface area contributed by atoms with Gasteiger partial charge in [0.15, 0.2) is 0 Å². The lowest BCUT2D eigenvalue weighted by Gasteiger charge is -2.27. The summed E-state index contributed by atoms with van der Waals surface area (Å²) in [5.41, 5.74) is 0.443. The first-order valence-electron chi connectivity index (χ1n) is 12.1. The summed E-state index contributed by atoms with van der Waals surface area (Å²) in [6, 6.07) is 1.29. The molecule has 10 nitrogen and oxygen atoms in total. The van der Waals surface area contributed by atoms with Gasteiger partial charge >= 0.3 is 12.0 Å². The number of esters is 1. The SMILES string of the molecule is COC(=O)[C@H](NC(=O)[C@H]1C[C@H](NC(=O)NC2CCCCC2)CN1C(=O)c1cccn1C)C(C)C. The highest BCUT2D eigenvalue weighted by molar-refractivity contribution is 5.98. The Morgan fingerprint density at radius 3 is 2.32 bits per heavy atom. The number of nitrogens with zero attached hydrogens (tertiary/aromatic N) is 2. The molecule has 188 valence electrons. The second kappa shape index (κ2) is 11.4. The van der Waals surface area contributed by atoms with Crippen molar-refractivity contribution in [3.63, 3.8) is 0 Å². The number of amides is 4. The summed E-state index contributed by atoms with van der Waals surface area (Å²) in [5, 5.41) is 8.72.